The van der Waals surface area contributed by atoms with Gasteiger partial charge >= 0.3 is 16.6 Å². The zero-order chi connectivity index (χ0) is 9.90. The number of hydrogen-bond donors (Lipinski definition) is 1. The number of hydrogen-bond acceptors (Lipinski definition) is 3. The van der Waals surface area contributed by atoms with Crippen molar-refractivity contribution >= 4 is 11.7 Å². The van der Waals surface area contributed by atoms with Gasteiger partial charge < -0.3 is 5.11 Å². The first-order chi connectivity index (χ1) is 6.11. The summed E-state index contributed by atoms with van der Waals surface area (Å²) in [4.78, 5) is 2.39. The van der Waals surface area contributed by atoms with E-state index < -0.39 is 4.93 Å². The van der Waals surface area contributed by atoms with Gasteiger partial charge in [-0.1, -0.05) is 13.8 Å². The Morgan fingerprint density at radius 2 is 2.00 bits per heavy atom. The second kappa shape index (κ2) is 3.89. The molecule has 1 N–H and O–H groups in total. The first kappa shape index (κ1) is 10.2. The largest absolute Gasteiger partial charge is 0.502 e. The highest BCUT2D eigenvalue weighted by molar-refractivity contribution is 7.66. The zero-order valence-electron chi connectivity index (χ0n) is 7.52. The number of nitrogens with zero attached hydrogens (tertiary/aromatic N) is 1. The number of pyridine rings is 1. The van der Waals surface area contributed by atoms with Crippen LogP contribution in [0.15, 0.2) is 24.5 Å². The van der Waals surface area contributed by atoms with Crippen molar-refractivity contribution in [2.75, 3.05) is 0 Å². The smallest absolute Gasteiger partial charge is 0.332 e. The van der Waals surface area contributed by atoms with Crippen LogP contribution in [0.25, 0.3) is 0 Å². The molecule has 1 atom stereocenters. The van der Waals surface area contributed by atoms with Crippen molar-refractivity contribution < 1.29 is 9.32 Å². The molecule has 0 amide bonds. The zero-order valence-corrected chi connectivity index (χ0v) is 8.34. The summed E-state index contributed by atoms with van der Waals surface area (Å²) >= 11 is 0.174. The van der Waals surface area contributed by atoms with Gasteiger partial charge in [-0.25, -0.2) is 0 Å². The van der Waals surface area contributed by atoms with Crippen LogP contribution in [0.2, 0.25) is 0 Å². The van der Waals surface area contributed by atoms with E-state index in [0.29, 0.717) is 11.5 Å². The van der Waals surface area contributed by atoms with Crippen LogP contribution in [0.1, 0.15) is 19.4 Å². The molecule has 0 bridgehead atoms. The van der Waals surface area contributed by atoms with Gasteiger partial charge in [0.15, 0.2) is 0 Å². The van der Waals surface area contributed by atoms with Crippen LogP contribution in [-0.2, 0) is 20.8 Å². The van der Waals surface area contributed by atoms with E-state index >= 15 is 0 Å². The predicted octanol–water partition coefficient (Wildman–Crippen LogP) is 1.27. The molecule has 4 heteroatoms. The SMILES string of the molecule is C[C](C)C(O)([S+]=O)c1ccncc1. The molecule has 0 aliphatic rings. The molecule has 0 fully saturated rings. The molecule has 69 valence electrons. The summed E-state index contributed by atoms with van der Waals surface area (Å²) in [5.74, 6) is 0.665. The maximum Gasteiger partial charge on any atom is 0.502 e. The fourth-order valence-corrected chi connectivity index (χ4v) is 1.40. The lowest BCUT2D eigenvalue weighted by atomic mass is 9.99. The standard InChI is InChI=1S/C9H11NO2S/c1-7(2)9(11,13-12)8-3-5-10-6-4-8/h3-6,11H,1-2H3/q+1. The van der Waals surface area contributed by atoms with E-state index in [-0.39, 0.29) is 11.7 Å². The van der Waals surface area contributed by atoms with Gasteiger partial charge in [-0.2, -0.15) is 0 Å². The van der Waals surface area contributed by atoms with E-state index in [9.17, 15) is 9.32 Å². The minimum Gasteiger partial charge on any atom is -0.332 e. The van der Waals surface area contributed by atoms with Gasteiger partial charge in [0.05, 0.1) is 11.5 Å². The van der Waals surface area contributed by atoms with Crippen molar-refractivity contribution in [3.63, 3.8) is 0 Å². The molecule has 1 unspecified atom stereocenters. The molecule has 13 heavy (non-hydrogen) atoms. The molecule has 0 aliphatic carbocycles. The van der Waals surface area contributed by atoms with Crippen LogP contribution in [0.4, 0.5) is 0 Å². The number of rotatable bonds is 3. The first-order valence-electron chi connectivity index (χ1n) is 3.85. The normalized spacial score (nSPS) is 15.4. The molecule has 0 saturated heterocycles. The Hall–Kier alpha value is -0.870. The fourth-order valence-electron chi connectivity index (χ4n) is 0.998. The van der Waals surface area contributed by atoms with Crippen molar-refractivity contribution in [1.29, 1.82) is 0 Å². The van der Waals surface area contributed by atoms with Crippen LogP contribution in [0.5, 0.6) is 0 Å². The van der Waals surface area contributed by atoms with E-state index in [4.69, 9.17) is 0 Å². The Morgan fingerprint density at radius 3 is 2.38 bits per heavy atom. The van der Waals surface area contributed by atoms with Gasteiger partial charge in [-0.05, 0) is 12.1 Å². The number of aromatic nitrogens is 1. The van der Waals surface area contributed by atoms with Crippen LogP contribution >= 0.6 is 0 Å². The Morgan fingerprint density at radius 1 is 1.46 bits per heavy atom. The van der Waals surface area contributed by atoms with Gasteiger partial charge in [0.1, 0.15) is 0 Å². The predicted molar refractivity (Wildman–Crippen MR) is 50.8 cm³/mol. The maximum absolute atomic E-state index is 10.8. The highest BCUT2D eigenvalue weighted by Crippen LogP contribution is 2.29. The second-order valence-corrected chi connectivity index (χ2v) is 3.72. The summed E-state index contributed by atoms with van der Waals surface area (Å²) in [5, 5.41) is 9.95. The lowest BCUT2D eigenvalue weighted by molar-refractivity contribution is 0.149. The van der Waals surface area contributed by atoms with Gasteiger partial charge in [0.25, 0.3) is 0 Å². The van der Waals surface area contributed by atoms with Crippen LogP contribution in [0, 0.1) is 5.92 Å². The summed E-state index contributed by atoms with van der Waals surface area (Å²) in [5.41, 5.74) is 0.572. The van der Waals surface area contributed by atoms with Crippen molar-refractivity contribution in [3.8, 4) is 0 Å². The molecule has 0 spiro atoms. The minimum absolute atomic E-state index is 0.174. The van der Waals surface area contributed by atoms with Gasteiger partial charge in [-0.3, -0.25) is 4.98 Å². The monoisotopic (exact) mass is 197 g/mol. The third-order valence-electron chi connectivity index (χ3n) is 1.87. The molecule has 0 aromatic carbocycles. The Kier molecular flexibility index (Phi) is 3.06. The van der Waals surface area contributed by atoms with Gasteiger partial charge in [0, 0.05) is 16.6 Å². The summed E-state index contributed by atoms with van der Waals surface area (Å²) in [6.45, 7) is 3.46. The van der Waals surface area contributed by atoms with Crippen LogP contribution in [0.3, 0.4) is 0 Å². The van der Waals surface area contributed by atoms with Crippen molar-refractivity contribution in [2.45, 2.75) is 18.8 Å². The summed E-state index contributed by atoms with van der Waals surface area (Å²) in [6, 6.07) is 3.27. The molecule has 1 aromatic heterocycles. The second-order valence-electron chi connectivity index (χ2n) is 2.96. The van der Waals surface area contributed by atoms with E-state index in [1.807, 2.05) is 0 Å². The van der Waals surface area contributed by atoms with Crippen molar-refractivity contribution in [3.05, 3.63) is 36.0 Å². The van der Waals surface area contributed by atoms with E-state index in [0.717, 1.165) is 0 Å². The summed E-state index contributed by atoms with van der Waals surface area (Å²) < 4.78 is 10.8. The Labute approximate surface area is 81.3 Å². The molecule has 1 radical (unpaired) electrons. The van der Waals surface area contributed by atoms with E-state index in [2.05, 4.69) is 4.98 Å². The number of aliphatic hydroxyl groups is 1. The van der Waals surface area contributed by atoms with Crippen molar-refractivity contribution in [1.82, 2.24) is 4.98 Å². The molecule has 1 rings (SSSR count). The fraction of sp³-hybridized carbons (Fsp3) is 0.333. The molecule has 0 saturated carbocycles. The Bertz CT molecular complexity index is 289. The minimum atomic E-state index is -1.43. The summed E-state index contributed by atoms with van der Waals surface area (Å²) in [7, 11) is 0. The highest BCUT2D eigenvalue weighted by atomic mass is 32.1. The molecular formula is C9H11NO2S+. The summed E-state index contributed by atoms with van der Waals surface area (Å²) in [6.07, 6.45) is 3.11. The Balaban J connectivity index is 3.10. The van der Waals surface area contributed by atoms with E-state index in [1.165, 1.54) is 0 Å². The average Bonchev–Trinajstić information content (AvgIpc) is 2.17. The van der Waals surface area contributed by atoms with E-state index in [1.54, 1.807) is 38.4 Å². The first-order valence-corrected chi connectivity index (χ1v) is 4.60. The van der Waals surface area contributed by atoms with Gasteiger partial charge in [-0.15, -0.1) is 0 Å². The molecule has 0 aliphatic heterocycles. The third kappa shape index (κ3) is 1.89. The topological polar surface area (TPSA) is 50.2 Å². The van der Waals surface area contributed by atoms with Crippen LogP contribution < -0.4 is 0 Å². The molecular weight excluding hydrogens is 186 g/mol. The lowest BCUT2D eigenvalue weighted by Crippen LogP contribution is -2.29. The lowest BCUT2D eigenvalue weighted by Gasteiger charge is -2.13. The molecule has 3 nitrogen and oxygen atoms in total. The molecule has 1 aromatic rings. The van der Waals surface area contributed by atoms with Crippen molar-refractivity contribution in [2.24, 2.45) is 0 Å². The quantitative estimate of drug-likeness (QED) is 0.586. The molecule has 1 heterocycles. The van der Waals surface area contributed by atoms with Gasteiger partial charge in [0.2, 0.25) is 0 Å². The highest BCUT2D eigenvalue weighted by Gasteiger charge is 2.48. The third-order valence-corrected chi connectivity index (χ3v) is 2.76. The average molecular weight is 197 g/mol. The maximum atomic E-state index is 10.8. The van der Waals surface area contributed by atoms with Crippen LogP contribution in [-0.4, -0.2) is 10.1 Å².